The van der Waals surface area contributed by atoms with Crippen molar-refractivity contribution >= 4 is 23.4 Å². The predicted molar refractivity (Wildman–Crippen MR) is 78.2 cm³/mol. The molecule has 20 heavy (non-hydrogen) atoms. The average molecular weight is 322 g/mol. The molecular formula is C12H20ClN3O3S. The first-order valence-corrected chi connectivity index (χ1v) is 8.63. The maximum atomic E-state index is 11.1. The summed E-state index contributed by atoms with van der Waals surface area (Å²) in [6.07, 6.45) is 6.02. The smallest absolute Gasteiger partial charge is 0.232 e. The summed E-state index contributed by atoms with van der Waals surface area (Å²) in [4.78, 5) is 16.0. The number of alkyl halides is 1. The summed E-state index contributed by atoms with van der Waals surface area (Å²) >= 11 is 8.20. The van der Waals surface area contributed by atoms with E-state index in [0.717, 1.165) is 19.3 Å². The van der Waals surface area contributed by atoms with Gasteiger partial charge in [-0.15, -0.1) is 11.6 Å². The zero-order valence-electron chi connectivity index (χ0n) is 11.2. The second-order valence-electron chi connectivity index (χ2n) is 5.88. The minimum absolute atomic E-state index is 0.0138. The molecule has 0 amide bonds. The van der Waals surface area contributed by atoms with Gasteiger partial charge in [0.1, 0.15) is 6.04 Å². The Kier molecular flexibility index (Phi) is 4.72. The first kappa shape index (κ1) is 14.8. The molecule has 0 aromatic carbocycles. The van der Waals surface area contributed by atoms with Gasteiger partial charge in [0.25, 0.3) is 0 Å². The van der Waals surface area contributed by atoms with Gasteiger partial charge >= 0.3 is 0 Å². The Morgan fingerprint density at radius 3 is 2.75 bits per heavy atom. The highest BCUT2D eigenvalue weighted by Crippen LogP contribution is 2.39. The molecule has 2 saturated carbocycles. The summed E-state index contributed by atoms with van der Waals surface area (Å²) in [5.74, 6) is 0. The van der Waals surface area contributed by atoms with Gasteiger partial charge in [-0.05, 0) is 25.7 Å². The molecule has 0 spiro atoms. The largest absolute Gasteiger partial charge is 0.264 e. The summed E-state index contributed by atoms with van der Waals surface area (Å²) in [5.41, 5.74) is 5.70. The second-order valence-corrected chi connectivity index (χ2v) is 8.04. The SMILES string of the molecule is O=[N+]([O-])C1CCC(SC2CCCC(Cl)C2)C2NONC21. The summed E-state index contributed by atoms with van der Waals surface area (Å²) in [7, 11) is 0. The van der Waals surface area contributed by atoms with Crippen molar-refractivity contribution in [3.63, 3.8) is 0 Å². The lowest BCUT2D eigenvalue weighted by Gasteiger charge is -2.36. The van der Waals surface area contributed by atoms with E-state index in [1.165, 1.54) is 12.8 Å². The zero-order valence-corrected chi connectivity index (χ0v) is 12.7. The fourth-order valence-electron chi connectivity index (χ4n) is 3.48. The number of thioether (sulfide) groups is 1. The molecule has 8 heteroatoms. The molecule has 1 heterocycles. The van der Waals surface area contributed by atoms with E-state index in [1.807, 2.05) is 11.8 Å². The Balaban J connectivity index is 1.62. The van der Waals surface area contributed by atoms with E-state index in [4.69, 9.17) is 16.5 Å². The van der Waals surface area contributed by atoms with Gasteiger partial charge in [0.05, 0.1) is 6.04 Å². The predicted octanol–water partition coefficient (Wildman–Crippen LogP) is 1.85. The van der Waals surface area contributed by atoms with Gasteiger partial charge in [0, 0.05) is 27.2 Å². The number of nitrogens with zero attached hydrogens (tertiary/aromatic N) is 1. The van der Waals surface area contributed by atoms with Crippen LogP contribution in [0.15, 0.2) is 0 Å². The van der Waals surface area contributed by atoms with E-state index in [0.29, 0.717) is 16.9 Å². The number of halogens is 1. The van der Waals surface area contributed by atoms with Crippen LogP contribution in [0.2, 0.25) is 0 Å². The highest BCUT2D eigenvalue weighted by atomic mass is 35.5. The first-order chi connectivity index (χ1) is 9.65. The van der Waals surface area contributed by atoms with Crippen LogP contribution in [-0.4, -0.2) is 38.9 Å². The molecule has 6 atom stereocenters. The van der Waals surface area contributed by atoms with E-state index in [9.17, 15) is 10.1 Å². The Morgan fingerprint density at radius 1 is 1.20 bits per heavy atom. The standard InChI is InChI=1S/C12H20ClN3O3S/c13-7-2-1-3-8(6-7)20-10-5-4-9(16(17)18)11-12(10)15-19-14-11/h7-12,14-15H,1-6H2. The fraction of sp³-hybridized carbons (Fsp3) is 1.00. The van der Waals surface area contributed by atoms with E-state index in [2.05, 4.69) is 11.0 Å². The lowest BCUT2D eigenvalue weighted by atomic mass is 9.87. The van der Waals surface area contributed by atoms with E-state index in [1.54, 1.807) is 0 Å². The van der Waals surface area contributed by atoms with Crippen LogP contribution in [-0.2, 0) is 4.94 Å². The summed E-state index contributed by atoms with van der Waals surface area (Å²) < 4.78 is 0. The lowest BCUT2D eigenvalue weighted by Crippen LogP contribution is -2.55. The van der Waals surface area contributed by atoms with Crippen LogP contribution in [0.25, 0.3) is 0 Å². The molecule has 0 bridgehead atoms. The molecule has 114 valence electrons. The van der Waals surface area contributed by atoms with Crippen LogP contribution < -0.4 is 11.0 Å². The van der Waals surface area contributed by atoms with Gasteiger partial charge in [-0.25, -0.2) is 4.94 Å². The van der Waals surface area contributed by atoms with Crippen LogP contribution in [0.3, 0.4) is 0 Å². The molecule has 3 fully saturated rings. The minimum atomic E-state index is -0.556. The average Bonchev–Trinajstić information content (AvgIpc) is 2.88. The number of hydroxylamine groups is 2. The summed E-state index contributed by atoms with van der Waals surface area (Å²) in [5, 5.41) is 12.3. The van der Waals surface area contributed by atoms with Gasteiger partial charge in [0.15, 0.2) is 0 Å². The maximum Gasteiger partial charge on any atom is 0.232 e. The van der Waals surface area contributed by atoms with Gasteiger partial charge in [0.2, 0.25) is 6.04 Å². The molecule has 2 aliphatic carbocycles. The molecule has 0 radical (unpaired) electrons. The van der Waals surface area contributed by atoms with Gasteiger partial charge in [-0.3, -0.25) is 10.1 Å². The number of hydrogen-bond donors (Lipinski definition) is 2. The molecule has 0 aromatic heterocycles. The Labute approximate surface area is 127 Å². The second kappa shape index (κ2) is 6.36. The van der Waals surface area contributed by atoms with Crippen molar-refractivity contribution in [1.82, 2.24) is 11.0 Å². The van der Waals surface area contributed by atoms with E-state index in [-0.39, 0.29) is 22.4 Å². The molecule has 1 aliphatic heterocycles. The third-order valence-corrected chi connectivity index (χ3v) is 6.63. The molecule has 2 N–H and O–H groups in total. The number of fused-ring (bicyclic) bond motifs is 1. The molecule has 1 saturated heterocycles. The third-order valence-electron chi connectivity index (χ3n) is 4.54. The number of rotatable bonds is 3. The van der Waals surface area contributed by atoms with Gasteiger partial charge in [-0.2, -0.15) is 22.7 Å². The molecule has 6 nitrogen and oxygen atoms in total. The van der Waals surface area contributed by atoms with Crippen molar-refractivity contribution in [2.75, 3.05) is 0 Å². The Bertz CT molecular complexity index is 376. The normalized spacial score (nSPS) is 45.0. The van der Waals surface area contributed by atoms with Crippen molar-refractivity contribution in [1.29, 1.82) is 0 Å². The first-order valence-electron chi connectivity index (χ1n) is 7.25. The molecule has 6 unspecified atom stereocenters. The number of nitro groups is 1. The summed E-state index contributed by atoms with van der Waals surface area (Å²) in [6.45, 7) is 0. The minimum Gasteiger partial charge on any atom is -0.264 e. The van der Waals surface area contributed by atoms with Crippen molar-refractivity contribution < 1.29 is 9.86 Å². The Hall–Kier alpha value is -0.0800. The van der Waals surface area contributed by atoms with Gasteiger partial charge < -0.3 is 0 Å². The summed E-state index contributed by atoms with van der Waals surface area (Å²) in [6, 6.07) is -0.773. The molecule has 0 aromatic rings. The fourth-order valence-corrected chi connectivity index (χ4v) is 5.77. The number of hydrogen-bond acceptors (Lipinski definition) is 6. The monoisotopic (exact) mass is 321 g/mol. The highest BCUT2D eigenvalue weighted by molar-refractivity contribution is 8.00. The van der Waals surface area contributed by atoms with Crippen molar-refractivity contribution in [2.45, 2.75) is 72.5 Å². The van der Waals surface area contributed by atoms with Crippen LogP contribution in [0.1, 0.15) is 38.5 Å². The molecular weight excluding hydrogens is 302 g/mol. The maximum absolute atomic E-state index is 11.1. The van der Waals surface area contributed by atoms with Crippen LogP contribution in [0.5, 0.6) is 0 Å². The van der Waals surface area contributed by atoms with Crippen LogP contribution in [0.4, 0.5) is 0 Å². The quantitative estimate of drug-likeness (QED) is 0.469. The van der Waals surface area contributed by atoms with Crippen LogP contribution >= 0.6 is 23.4 Å². The molecule has 3 aliphatic rings. The number of nitrogens with one attached hydrogen (secondary N) is 2. The van der Waals surface area contributed by atoms with Crippen molar-refractivity contribution in [2.24, 2.45) is 0 Å². The lowest BCUT2D eigenvalue weighted by molar-refractivity contribution is -0.530. The van der Waals surface area contributed by atoms with Crippen molar-refractivity contribution in [3.05, 3.63) is 10.1 Å². The van der Waals surface area contributed by atoms with E-state index >= 15 is 0 Å². The topological polar surface area (TPSA) is 76.4 Å². The van der Waals surface area contributed by atoms with Gasteiger partial charge in [-0.1, -0.05) is 6.42 Å². The molecule has 3 rings (SSSR count). The van der Waals surface area contributed by atoms with E-state index < -0.39 is 6.04 Å². The highest BCUT2D eigenvalue weighted by Gasteiger charge is 2.49. The Morgan fingerprint density at radius 2 is 2.00 bits per heavy atom. The van der Waals surface area contributed by atoms with Crippen molar-refractivity contribution in [3.8, 4) is 0 Å². The van der Waals surface area contributed by atoms with Crippen LogP contribution in [0, 0.1) is 10.1 Å². The zero-order chi connectivity index (χ0) is 14.1. The third kappa shape index (κ3) is 3.06.